The van der Waals surface area contributed by atoms with Crippen LogP contribution >= 0.6 is 17.2 Å². The van der Waals surface area contributed by atoms with E-state index in [1.54, 1.807) is 0 Å². The van der Waals surface area contributed by atoms with Gasteiger partial charge >= 0.3 is 0 Å². The molecule has 0 amide bonds. The van der Waals surface area contributed by atoms with Gasteiger partial charge in [0.05, 0.1) is 5.16 Å². The molecular weight excluding hydrogens is 438 g/mol. The Balaban J connectivity index is 2.21. The highest BCUT2D eigenvalue weighted by Crippen LogP contribution is 2.63. The van der Waals surface area contributed by atoms with Gasteiger partial charge in [-0.15, -0.1) is 9.24 Å². The molecule has 2 heterocycles. The monoisotopic (exact) mass is 480 g/mol. The highest BCUT2D eigenvalue weighted by Gasteiger charge is 2.44. The molecular formula is C29H42N2P2. The van der Waals surface area contributed by atoms with Crippen molar-refractivity contribution in [2.24, 2.45) is 11.3 Å². The zero-order chi connectivity index (χ0) is 24.7. The third-order valence-corrected chi connectivity index (χ3v) is 11.6. The van der Waals surface area contributed by atoms with Crippen LogP contribution in [0.4, 0.5) is 0 Å². The largest absolute Gasteiger partial charge is 0.264 e. The second-order valence-corrected chi connectivity index (χ2v) is 17.1. The van der Waals surface area contributed by atoms with Crippen LogP contribution in [0.15, 0.2) is 72.4 Å². The topological polar surface area (TPSA) is 25.8 Å². The Kier molecular flexibility index (Phi) is 7.44. The van der Waals surface area contributed by atoms with Crippen LogP contribution < -0.4 is 0 Å². The third-order valence-electron chi connectivity index (χ3n) is 6.65. The highest BCUT2D eigenvalue weighted by molar-refractivity contribution is 7.60. The maximum absolute atomic E-state index is 4.51. The summed E-state index contributed by atoms with van der Waals surface area (Å²) < 4.78 is 0. The molecule has 0 saturated carbocycles. The van der Waals surface area contributed by atoms with Gasteiger partial charge in [-0.05, 0) is 56.3 Å². The van der Waals surface area contributed by atoms with Crippen LogP contribution in [-0.4, -0.2) is 26.4 Å². The molecule has 1 aliphatic rings. The van der Waals surface area contributed by atoms with Crippen molar-refractivity contribution in [2.75, 3.05) is 6.16 Å². The van der Waals surface area contributed by atoms with Crippen molar-refractivity contribution in [1.82, 2.24) is 9.97 Å². The van der Waals surface area contributed by atoms with Gasteiger partial charge in [-0.1, -0.05) is 94.5 Å². The molecule has 2 aromatic rings. The molecule has 0 bridgehead atoms. The Morgan fingerprint density at radius 3 is 1.67 bits per heavy atom. The number of hydrogen-bond acceptors (Lipinski definition) is 2. The lowest BCUT2D eigenvalue weighted by Gasteiger charge is -2.44. The summed E-state index contributed by atoms with van der Waals surface area (Å²) in [5.74, 6) is 0.377. The molecule has 178 valence electrons. The molecule has 1 aliphatic carbocycles. The summed E-state index contributed by atoms with van der Waals surface area (Å²) in [6, 6.07) is 8.50. The van der Waals surface area contributed by atoms with Gasteiger partial charge in [0.1, 0.15) is 0 Å². The molecule has 2 unspecified atom stereocenters. The average Bonchev–Trinajstić information content (AvgIpc) is 3.16. The molecule has 0 saturated heterocycles. The Bertz CT molecular complexity index is 950. The molecule has 0 spiro atoms. The normalized spacial score (nSPS) is 17.8. The van der Waals surface area contributed by atoms with Gasteiger partial charge in [0.2, 0.25) is 0 Å². The average molecular weight is 481 g/mol. The molecule has 4 heteroatoms. The van der Waals surface area contributed by atoms with Crippen molar-refractivity contribution < 1.29 is 0 Å². The van der Waals surface area contributed by atoms with E-state index in [2.05, 4.69) is 106 Å². The fourth-order valence-corrected chi connectivity index (χ4v) is 9.54. The molecule has 0 fully saturated rings. The van der Waals surface area contributed by atoms with E-state index < -0.39 is 0 Å². The van der Waals surface area contributed by atoms with Crippen LogP contribution in [0.5, 0.6) is 0 Å². The van der Waals surface area contributed by atoms with Gasteiger partial charge in [-0.3, -0.25) is 9.97 Å². The fraction of sp³-hybridized carbons (Fsp3) is 0.517. The summed E-state index contributed by atoms with van der Waals surface area (Å²) in [6.45, 7) is 21.5. The number of hydrogen-bond donors (Lipinski definition) is 0. The third kappa shape index (κ3) is 5.66. The van der Waals surface area contributed by atoms with E-state index in [0.717, 1.165) is 0 Å². The Morgan fingerprint density at radius 1 is 0.818 bits per heavy atom. The minimum Gasteiger partial charge on any atom is -0.264 e. The summed E-state index contributed by atoms with van der Waals surface area (Å²) in [4.78, 5) is 9.01. The summed E-state index contributed by atoms with van der Waals surface area (Å²) in [6.07, 6.45) is 14.0. The predicted octanol–water partition coefficient (Wildman–Crippen LogP) is 8.20. The smallest absolute Gasteiger partial charge is 0.0590 e. The molecule has 33 heavy (non-hydrogen) atoms. The van der Waals surface area contributed by atoms with Gasteiger partial charge in [-0.25, -0.2) is 0 Å². The second-order valence-electron chi connectivity index (χ2n) is 12.3. The van der Waals surface area contributed by atoms with Crippen molar-refractivity contribution >= 4 is 17.2 Å². The molecule has 0 N–H and O–H groups in total. The van der Waals surface area contributed by atoms with E-state index in [0.29, 0.717) is 5.92 Å². The minimum absolute atomic E-state index is 0.0989. The lowest BCUT2D eigenvalue weighted by atomic mass is 9.80. The van der Waals surface area contributed by atoms with E-state index in [9.17, 15) is 0 Å². The molecule has 2 nitrogen and oxygen atoms in total. The lowest BCUT2D eigenvalue weighted by molar-refractivity contribution is 0.516. The zero-order valence-electron chi connectivity index (χ0n) is 22.0. The summed E-state index contributed by atoms with van der Waals surface area (Å²) in [7, 11) is 2.97. The number of rotatable bonds is 5. The zero-order valence-corrected chi connectivity index (χ0v) is 24.0. The van der Waals surface area contributed by atoms with Gasteiger partial charge in [0, 0.05) is 30.7 Å². The van der Waals surface area contributed by atoms with Crippen LogP contribution in [-0.2, 0) is 5.16 Å². The van der Waals surface area contributed by atoms with Crippen molar-refractivity contribution in [3.05, 3.63) is 83.5 Å². The Hall–Kier alpha value is -1.36. The van der Waals surface area contributed by atoms with Crippen molar-refractivity contribution in [3.8, 4) is 0 Å². The van der Waals surface area contributed by atoms with Crippen LogP contribution in [0.3, 0.4) is 0 Å². The van der Waals surface area contributed by atoms with E-state index in [4.69, 9.17) is 0 Å². The van der Waals surface area contributed by atoms with Gasteiger partial charge in [-0.2, -0.15) is 0 Å². The van der Waals surface area contributed by atoms with E-state index >= 15 is 0 Å². The van der Waals surface area contributed by atoms with Gasteiger partial charge in [0.25, 0.3) is 0 Å². The minimum atomic E-state index is -0.368. The number of pyridine rings is 2. The summed E-state index contributed by atoms with van der Waals surface area (Å²) in [5, 5.41) is 0.194. The molecule has 2 aromatic heterocycles. The molecule has 3 rings (SSSR count). The fourth-order valence-electron chi connectivity index (χ4n) is 5.10. The lowest BCUT2D eigenvalue weighted by Crippen LogP contribution is -2.32. The SMILES string of the molecule is CC(C)(C)C1=CC(CP(C(C)(C)C)C(C)(C)C)C(C(P)(c2cccnc2)c2cccnc2)=C1. The summed E-state index contributed by atoms with van der Waals surface area (Å²) in [5.41, 5.74) is 5.36. The standard InChI is InChI=1S/C29H42N2P2/c1-26(2,3)24-16-21(20-33(27(4,5)6)28(7,8)9)25(17-24)29(32,22-12-10-14-30-18-22)23-13-11-15-31-19-23/h10-19,21H,20,32H2,1-9H3. The molecule has 0 aliphatic heterocycles. The van der Waals surface area contributed by atoms with Crippen molar-refractivity contribution in [3.63, 3.8) is 0 Å². The van der Waals surface area contributed by atoms with E-state index in [-0.39, 0.29) is 28.8 Å². The van der Waals surface area contributed by atoms with Crippen molar-refractivity contribution in [1.29, 1.82) is 0 Å². The first-order chi connectivity index (χ1) is 15.1. The first-order valence-corrected chi connectivity index (χ1v) is 14.1. The Labute approximate surface area is 205 Å². The quantitative estimate of drug-likeness (QED) is 0.403. The first-order valence-electron chi connectivity index (χ1n) is 12.0. The van der Waals surface area contributed by atoms with Crippen molar-refractivity contribution in [2.45, 2.75) is 77.8 Å². The maximum atomic E-state index is 4.51. The number of aromatic nitrogens is 2. The predicted molar refractivity (Wildman–Crippen MR) is 149 cm³/mol. The van der Waals surface area contributed by atoms with Crippen LogP contribution in [0.25, 0.3) is 0 Å². The molecule has 2 atom stereocenters. The van der Waals surface area contributed by atoms with Crippen LogP contribution in [0, 0.1) is 11.3 Å². The molecule has 0 aromatic carbocycles. The first kappa shape index (κ1) is 26.2. The highest BCUT2D eigenvalue weighted by atomic mass is 31.1. The van der Waals surface area contributed by atoms with E-state index in [1.165, 1.54) is 28.4 Å². The van der Waals surface area contributed by atoms with Crippen LogP contribution in [0.2, 0.25) is 0 Å². The molecule has 0 radical (unpaired) electrons. The van der Waals surface area contributed by atoms with E-state index in [1.807, 2.05) is 36.9 Å². The summed E-state index contributed by atoms with van der Waals surface area (Å²) >= 11 is 0. The number of allylic oxidation sites excluding steroid dienone is 4. The van der Waals surface area contributed by atoms with Gasteiger partial charge < -0.3 is 0 Å². The Morgan fingerprint density at radius 2 is 1.30 bits per heavy atom. The number of nitrogens with zero attached hydrogens (tertiary/aromatic N) is 2. The second kappa shape index (κ2) is 9.36. The van der Waals surface area contributed by atoms with Gasteiger partial charge in [0.15, 0.2) is 0 Å². The van der Waals surface area contributed by atoms with Crippen LogP contribution in [0.1, 0.15) is 73.4 Å². The maximum Gasteiger partial charge on any atom is 0.0590 e.